The molecule has 0 saturated heterocycles. The van der Waals surface area contributed by atoms with Crippen LogP contribution < -0.4 is 18.3 Å². The number of rotatable bonds is 4. The number of benzene rings is 11. The molecule has 0 atom stereocenters. The molecule has 105 heavy (non-hydrogen) atoms. The standard InChI is InChI=1S/C25H22NS.C24H20NS.C23H18NS.C22H17N2S.2CH4/c1-15-5-8-19(17(3)11-15)22-13-24-21(14-26(22)4)25-20-9-6-16(2)12-18(20)7-10-23(25)27-24;1-15-8-10-19-17(12-15)9-11-22-24(19)20-14-25(3)21(13-23(20)26-22)18-7-5-4-6-16(18)2;1-15-7-3-5-9-17(15)20-13-19-22(14-24(20)2)25-21-12-11-16-8-4-6-10-18(16)23(19)21;1-14-7-3-5-9-16(14)19-11-18-20(13-24(19)2)25-22-21(18)17-10-6-4-8-15(17)12-23-22;;/h5-14H,1-4H3;4-14H,1-3H3;3-14H,1-2H3;3-13H,1-2H3;2*1H4/q4*+1;;/i1D3;;;;;. The van der Waals surface area contributed by atoms with Gasteiger partial charge in [0.1, 0.15) is 37.7 Å². The molecule has 0 bridgehead atoms. The lowest BCUT2D eigenvalue weighted by Gasteiger charge is -2.06. The van der Waals surface area contributed by atoms with E-state index in [1.54, 1.807) is 23.5 Å². The summed E-state index contributed by atoms with van der Waals surface area (Å²) in [4.78, 5) is 5.81. The van der Waals surface area contributed by atoms with E-state index in [4.69, 9.17) is 9.10 Å². The van der Waals surface area contributed by atoms with Gasteiger partial charge in [-0.1, -0.05) is 201 Å². The van der Waals surface area contributed by atoms with Crippen LogP contribution in [0.5, 0.6) is 0 Å². The number of aromatic nitrogens is 5. The summed E-state index contributed by atoms with van der Waals surface area (Å²) >= 11 is 7.34. The molecule has 0 spiro atoms. The second kappa shape index (κ2) is 28.3. The lowest BCUT2D eigenvalue weighted by atomic mass is 10.0. The zero-order chi connectivity index (χ0) is 73.0. The first-order valence-electron chi connectivity index (χ1n) is 36.4. The van der Waals surface area contributed by atoms with Crippen LogP contribution in [-0.4, -0.2) is 4.98 Å². The van der Waals surface area contributed by atoms with Gasteiger partial charge in [0.2, 0.25) is 22.8 Å². The van der Waals surface area contributed by atoms with Crippen molar-refractivity contribution in [2.24, 2.45) is 28.2 Å². The Balaban J connectivity index is 0.000000114. The summed E-state index contributed by atoms with van der Waals surface area (Å²) in [7, 11) is 8.48. The first-order valence-corrected chi connectivity index (χ1v) is 38.2. The molecule has 0 aliphatic carbocycles. The number of hydrogen-bond donors (Lipinski definition) is 0. The van der Waals surface area contributed by atoms with Gasteiger partial charge >= 0.3 is 0 Å². The fourth-order valence-electron chi connectivity index (χ4n) is 15.4. The summed E-state index contributed by atoms with van der Waals surface area (Å²) in [6.45, 7) is 10.7. The number of thiophene rings is 4. The Hall–Kier alpha value is -10.9. The molecular formula is C96H85N5S4+4. The number of hydrogen-bond acceptors (Lipinski definition) is 5. The summed E-state index contributed by atoms with van der Waals surface area (Å²) in [6, 6.07) is 84.6. The van der Waals surface area contributed by atoms with Gasteiger partial charge in [-0.15, -0.1) is 45.3 Å². The summed E-state index contributed by atoms with van der Waals surface area (Å²) in [5.74, 6) is 0. The molecule has 11 aromatic carbocycles. The number of aryl methyl sites for hydroxylation is 11. The zero-order valence-corrected chi connectivity index (χ0v) is 62.5. The summed E-state index contributed by atoms with van der Waals surface area (Å²) < 4.78 is 41.1. The molecule has 20 rings (SSSR count). The normalized spacial score (nSPS) is 12.0. The molecule has 20 aromatic rings. The molecule has 0 N–H and O–H groups in total. The maximum Gasteiger partial charge on any atom is 0.213 e. The van der Waals surface area contributed by atoms with E-state index in [1.807, 2.05) is 53.2 Å². The van der Waals surface area contributed by atoms with E-state index in [0.29, 0.717) is 5.56 Å². The van der Waals surface area contributed by atoms with Crippen LogP contribution in [-0.2, 0) is 28.2 Å². The van der Waals surface area contributed by atoms with Crippen LogP contribution >= 0.6 is 45.3 Å². The summed E-state index contributed by atoms with van der Waals surface area (Å²) in [5, 5.41) is 21.0. The van der Waals surface area contributed by atoms with Crippen molar-refractivity contribution >= 4 is 169 Å². The second-order valence-corrected chi connectivity index (χ2v) is 31.9. The van der Waals surface area contributed by atoms with Crippen LogP contribution in [0.25, 0.3) is 169 Å². The minimum atomic E-state index is -2.08. The van der Waals surface area contributed by atoms with Gasteiger partial charge in [-0.05, 0) is 151 Å². The molecule has 514 valence electrons. The fourth-order valence-corrected chi connectivity index (χ4v) is 19.9. The van der Waals surface area contributed by atoms with Gasteiger partial charge in [0.05, 0.1) is 15.5 Å². The van der Waals surface area contributed by atoms with E-state index in [-0.39, 0.29) is 14.9 Å². The van der Waals surface area contributed by atoms with E-state index in [0.717, 1.165) is 21.7 Å². The zero-order valence-electron chi connectivity index (χ0n) is 62.3. The molecule has 0 saturated carbocycles. The lowest BCUT2D eigenvalue weighted by molar-refractivity contribution is -0.659. The largest absolute Gasteiger partial charge is 0.245 e. The fraction of sp³-hybridized carbons (Fsp3) is 0.135. The SMILES string of the molecule is C.C.Cc1ccc2c(ccc3sc4cc(-c5ccccc5C)[n+](C)cc4c32)c1.Cc1ccccc1-c1cc2c(c[n+]1C)sc1ccc3ccccc3c12.Cc1ccccc1-c1cc2c(c[n+]1C)sc1ncc3ccccc3c12.[2H]C([2H])([2H])c1ccc(-c2cc3sc4ccc5cc(C)ccc5c4c3c[n+]2C)c(C)c1. The van der Waals surface area contributed by atoms with Crippen LogP contribution in [0.15, 0.2) is 268 Å². The van der Waals surface area contributed by atoms with Crippen LogP contribution in [0.2, 0.25) is 0 Å². The van der Waals surface area contributed by atoms with Crippen molar-refractivity contribution in [3.8, 4) is 45.0 Å². The highest BCUT2D eigenvalue weighted by Gasteiger charge is 2.24. The van der Waals surface area contributed by atoms with Gasteiger partial charge in [0.15, 0.2) is 24.8 Å². The first-order chi connectivity index (χ1) is 51.3. The summed E-state index contributed by atoms with van der Waals surface area (Å²) in [6.07, 6.45) is 11.0. The Labute approximate surface area is 634 Å². The Morgan fingerprint density at radius 3 is 1.15 bits per heavy atom. The minimum Gasteiger partial charge on any atom is -0.245 e. The molecule has 5 nitrogen and oxygen atoms in total. The van der Waals surface area contributed by atoms with Gasteiger partial charge in [-0.3, -0.25) is 0 Å². The van der Waals surface area contributed by atoms with E-state index in [2.05, 4.69) is 324 Å². The van der Waals surface area contributed by atoms with E-state index < -0.39 is 6.85 Å². The highest BCUT2D eigenvalue weighted by atomic mass is 32.1. The third-order valence-corrected chi connectivity index (χ3v) is 25.0. The third-order valence-electron chi connectivity index (χ3n) is 20.6. The molecule has 0 fully saturated rings. The Morgan fingerprint density at radius 1 is 0.276 bits per heavy atom. The highest BCUT2D eigenvalue weighted by Crippen LogP contribution is 2.44. The Bertz CT molecular complexity index is 6770. The van der Waals surface area contributed by atoms with E-state index in [1.165, 1.54) is 181 Å². The molecule has 0 aliphatic rings. The van der Waals surface area contributed by atoms with Gasteiger partial charge in [-0.2, -0.15) is 9.13 Å². The summed E-state index contributed by atoms with van der Waals surface area (Å²) in [5.41, 5.74) is 17.6. The maximum atomic E-state index is 7.67. The maximum absolute atomic E-state index is 7.67. The van der Waals surface area contributed by atoms with Crippen molar-refractivity contribution in [2.75, 3.05) is 0 Å². The van der Waals surface area contributed by atoms with Crippen LogP contribution in [0, 0.1) is 48.4 Å². The van der Waals surface area contributed by atoms with Crippen LogP contribution in [0.4, 0.5) is 0 Å². The predicted molar refractivity (Wildman–Crippen MR) is 458 cm³/mol. The van der Waals surface area contributed by atoms with E-state index >= 15 is 0 Å². The second-order valence-electron chi connectivity index (χ2n) is 27.6. The molecule has 9 aromatic heterocycles. The average Bonchev–Trinajstić information content (AvgIpc) is 1.61. The van der Waals surface area contributed by atoms with Crippen molar-refractivity contribution in [3.05, 3.63) is 307 Å². The van der Waals surface area contributed by atoms with Gasteiger partial charge in [0.25, 0.3) is 0 Å². The molecule has 9 heterocycles. The number of pyridine rings is 5. The van der Waals surface area contributed by atoms with Crippen LogP contribution in [0.3, 0.4) is 0 Å². The molecule has 0 aliphatic heterocycles. The van der Waals surface area contributed by atoms with Crippen molar-refractivity contribution in [2.45, 2.75) is 63.2 Å². The number of fused-ring (bicyclic) bond motifs is 20. The first kappa shape index (κ1) is 66.1. The van der Waals surface area contributed by atoms with Gasteiger partial charge in [0, 0.05) is 118 Å². The smallest absolute Gasteiger partial charge is 0.213 e. The van der Waals surface area contributed by atoms with Gasteiger partial charge < -0.3 is 0 Å². The van der Waals surface area contributed by atoms with Crippen molar-refractivity contribution in [1.29, 1.82) is 0 Å². The molecule has 9 heteroatoms. The topological polar surface area (TPSA) is 28.4 Å². The van der Waals surface area contributed by atoms with Crippen molar-refractivity contribution < 1.29 is 22.4 Å². The highest BCUT2D eigenvalue weighted by molar-refractivity contribution is 7.27. The van der Waals surface area contributed by atoms with Crippen LogP contribution in [0.1, 0.15) is 57.9 Å². The molecule has 0 unspecified atom stereocenters. The Kier molecular flexibility index (Phi) is 17.8. The monoisotopic (exact) mass is 1440 g/mol. The molecule has 0 amide bonds. The van der Waals surface area contributed by atoms with Crippen molar-refractivity contribution in [1.82, 2.24) is 4.98 Å². The Morgan fingerprint density at radius 2 is 0.657 bits per heavy atom. The number of nitrogens with zero attached hydrogens (tertiary/aromatic N) is 5. The third kappa shape index (κ3) is 12.7. The predicted octanol–water partition coefficient (Wildman–Crippen LogP) is 25.6. The van der Waals surface area contributed by atoms with Crippen molar-refractivity contribution in [3.63, 3.8) is 0 Å². The molecule has 0 radical (unpaired) electrons. The quantitative estimate of drug-likeness (QED) is 0.161. The van der Waals surface area contributed by atoms with E-state index in [9.17, 15) is 0 Å². The lowest BCUT2D eigenvalue weighted by Crippen LogP contribution is -2.30. The average molecular weight is 1440 g/mol. The minimum absolute atomic E-state index is 0. The molecular weight excluding hydrogens is 1350 g/mol. The van der Waals surface area contributed by atoms with Gasteiger partial charge in [-0.25, -0.2) is 14.1 Å².